The van der Waals surface area contributed by atoms with Crippen molar-refractivity contribution in [2.45, 2.75) is 13.5 Å². The van der Waals surface area contributed by atoms with Crippen molar-refractivity contribution in [3.63, 3.8) is 0 Å². The van der Waals surface area contributed by atoms with E-state index in [0.29, 0.717) is 6.54 Å². The van der Waals surface area contributed by atoms with Crippen LogP contribution in [0, 0.1) is 6.92 Å². The van der Waals surface area contributed by atoms with Crippen LogP contribution in [0.1, 0.15) is 9.88 Å². The number of hydrogen-bond donors (Lipinski definition) is 2. The Kier molecular flexibility index (Phi) is 2.46. The van der Waals surface area contributed by atoms with Gasteiger partial charge in [-0.25, -0.2) is 9.98 Å². The molecule has 6 nitrogen and oxygen atoms in total. The molecule has 0 atom stereocenters. The summed E-state index contributed by atoms with van der Waals surface area (Å²) in [5.41, 5.74) is 0. The molecule has 1 saturated heterocycles. The van der Waals surface area contributed by atoms with Crippen LogP contribution in [-0.2, 0) is 16.1 Å². The van der Waals surface area contributed by atoms with Crippen molar-refractivity contribution in [2.75, 3.05) is 0 Å². The fourth-order valence-electron chi connectivity index (χ4n) is 1.06. The van der Waals surface area contributed by atoms with Gasteiger partial charge in [-0.1, -0.05) is 0 Å². The van der Waals surface area contributed by atoms with Gasteiger partial charge in [0.1, 0.15) is 5.01 Å². The quantitative estimate of drug-likeness (QED) is 0.667. The number of nitrogens with one attached hydrogen (secondary N) is 2. The molecule has 0 radical (unpaired) electrons. The lowest BCUT2D eigenvalue weighted by molar-refractivity contribution is -0.135. The molecule has 7 heteroatoms. The van der Waals surface area contributed by atoms with Gasteiger partial charge in [0.15, 0.2) is 0 Å². The van der Waals surface area contributed by atoms with Gasteiger partial charge >= 0.3 is 11.8 Å². The first-order valence-electron chi connectivity index (χ1n) is 4.23. The molecule has 1 aromatic heterocycles. The highest BCUT2D eigenvalue weighted by molar-refractivity contribution is 7.11. The predicted octanol–water partition coefficient (Wildman–Crippen LogP) is -0.446. The zero-order valence-electron chi connectivity index (χ0n) is 7.90. The van der Waals surface area contributed by atoms with Gasteiger partial charge in [-0.2, -0.15) is 0 Å². The molecule has 0 aromatic carbocycles. The van der Waals surface area contributed by atoms with Gasteiger partial charge in [0.05, 0.1) is 6.54 Å². The topological polar surface area (TPSA) is 83.5 Å². The minimum absolute atomic E-state index is 0.192. The van der Waals surface area contributed by atoms with Crippen LogP contribution in [0.3, 0.4) is 0 Å². The lowest BCUT2D eigenvalue weighted by Gasteiger charge is -1.93. The molecule has 0 spiro atoms. The second kappa shape index (κ2) is 3.77. The zero-order chi connectivity index (χ0) is 10.8. The second-order valence-corrected chi connectivity index (χ2v) is 4.26. The molecule has 1 aliphatic rings. The second-order valence-electron chi connectivity index (χ2n) is 2.94. The Bertz CT molecular complexity index is 433. The molecule has 1 aliphatic heterocycles. The summed E-state index contributed by atoms with van der Waals surface area (Å²) in [6.45, 7) is 2.31. The molecule has 2 rings (SSSR count). The van der Waals surface area contributed by atoms with Gasteiger partial charge in [0.25, 0.3) is 0 Å². The summed E-state index contributed by atoms with van der Waals surface area (Å²) in [5, 5.41) is 5.46. The minimum atomic E-state index is -0.677. The van der Waals surface area contributed by atoms with Crippen molar-refractivity contribution < 1.29 is 9.59 Å². The lowest BCUT2D eigenvalue weighted by atomic mass is 10.6. The number of rotatable bonds is 2. The molecular formula is C8H8N4O2S. The van der Waals surface area contributed by atoms with E-state index < -0.39 is 11.8 Å². The molecule has 2 amide bonds. The van der Waals surface area contributed by atoms with Crippen LogP contribution in [0.25, 0.3) is 0 Å². The minimum Gasteiger partial charge on any atom is -0.288 e. The molecule has 0 saturated carbocycles. The van der Waals surface area contributed by atoms with Crippen molar-refractivity contribution in [2.24, 2.45) is 4.99 Å². The maximum Gasteiger partial charge on any atom is 0.316 e. The third-order valence-corrected chi connectivity index (χ3v) is 2.61. The molecule has 15 heavy (non-hydrogen) atoms. The highest BCUT2D eigenvalue weighted by atomic mass is 32.1. The molecular weight excluding hydrogens is 216 g/mol. The number of thiazole rings is 1. The lowest BCUT2D eigenvalue weighted by Crippen LogP contribution is -2.25. The van der Waals surface area contributed by atoms with E-state index in [9.17, 15) is 9.59 Å². The van der Waals surface area contributed by atoms with Crippen LogP contribution in [0.5, 0.6) is 0 Å². The Morgan fingerprint density at radius 1 is 1.40 bits per heavy atom. The summed E-state index contributed by atoms with van der Waals surface area (Å²) in [4.78, 5) is 30.8. The number of carbonyl (C=O) groups is 2. The maximum atomic E-state index is 10.8. The smallest absolute Gasteiger partial charge is 0.288 e. The fraction of sp³-hybridized carbons (Fsp3) is 0.250. The van der Waals surface area contributed by atoms with E-state index >= 15 is 0 Å². The summed E-state index contributed by atoms with van der Waals surface area (Å²) in [7, 11) is 0. The number of amides is 2. The summed E-state index contributed by atoms with van der Waals surface area (Å²) in [6, 6.07) is 0. The standard InChI is InChI=1S/C8H8N4O2S/c1-4-2-9-5(15-4)3-10-8-11-6(13)7(14)12-8/h2H,3H2,1H3,(H2,10,11,12,13,14). The summed E-state index contributed by atoms with van der Waals surface area (Å²) < 4.78 is 0. The number of guanidine groups is 1. The van der Waals surface area contributed by atoms with Crippen LogP contribution in [0.15, 0.2) is 11.2 Å². The van der Waals surface area contributed by atoms with Gasteiger partial charge in [0.2, 0.25) is 5.96 Å². The molecule has 0 bridgehead atoms. The third kappa shape index (κ3) is 2.18. The number of hydrogen-bond acceptors (Lipinski definition) is 5. The summed E-state index contributed by atoms with van der Waals surface area (Å²) in [6.07, 6.45) is 1.76. The van der Waals surface area contributed by atoms with Gasteiger partial charge < -0.3 is 0 Å². The van der Waals surface area contributed by atoms with E-state index in [0.717, 1.165) is 9.88 Å². The highest BCUT2D eigenvalue weighted by Crippen LogP contribution is 2.11. The first-order valence-corrected chi connectivity index (χ1v) is 5.05. The average Bonchev–Trinajstić information content (AvgIpc) is 2.72. The average molecular weight is 224 g/mol. The Morgan fingerprint density at radius 2 is 2.07 bits per heavy atom. The van der Waals surface area contributed by atoms with Crippen LogP contribution in [0.2, 0.25) is 0 Å². The zero-order valence-corrected chi connectivity index (χ0v) is 8.72. The van der Waals surface area contributed by atoms with Crippen molar-refractivity contribution in [3.8, 4) is 0 Å². The van der Waals surface area contributed by atoms with Gasteiger partial charge in [-0.05, 0) is 6.92 Å². The van der Waals surface area contributed by atoms with Crippen molar-refractivity contribution in [1.29, 1.82) is 0 Å². The fourth-order valence-corrected chi connectivity index (χ4v) is 1.77. The molecule has 2 heterocycles. The number of aryl methyl sites for hydroxylation is 1. The predicted molar refractivity (Wildman–Crippen MR) is 54.3 cm³/mol. The van der Waals surface area contributed by atoms with E-state index in [2.05, 4.69) is 20.6 Å². The number of nitrogens with zero attached hydrogens (tertiary/aromatic N) is 2. The van der Waals surface area contributed by atoms with Crippen LogP contribution in [0.4, 0.5) is 0 Å². The molecule has 1 fully saturated rings. The van der Waals surface area contributed by atoms with Gasteiger partial charge in [-0.15, -0.1) is 11.3 Å². The van der Waals surface area contributed by atoms with E-state index in [1.54, 1.807) is 6.20 Å². The van der Waals surface area contributed by atoms with Gasteiger partial charge in [-0.3, -0.25) is 20.2 Å². The van der Waals surface area contributed by atoms with Crippen LogP contribution >= 0.6 is 11.3 Å². The van der Waals surface area contributed by atoms with E-state index in [-0.39, 0.29) is 5.96 Å². The summed E-state index contributed by atoms with van der Waals surface area (Å²) in [5.74, 6) is -1.16. The third-order valence-electron chi connectivity index (χ3n) is 1.71. The number of aromatic nitrogens is 1. The highest BCUT2D eigenvalue weighted by Gasteiger charge is 2.24. The Morgan fingerprint density at radius 3 is 2.60 bits per heavy atom. The monoisotopic (exact) mass is 224 g/mol. The van der Waals surface area contributed by atoms with E-state index in [1.165, 1.54) is 11.3 Å². The van der Waals surface area contributed by atoms with Crippen molar-refractivity contribution >= 4 is 29.1 Å². The molecule has 0 unspecified atom stereocenters. The largest absolute Gasteiger partial charge is 0.316 e. The van der Waals surface area contributed by atoms with E-state index in [4.69, 9.17) is 0 Å². The van der Waals surface area contributed by atoms with Gasteiger partial charge in [0, 0.05) is 11.1 Å². The number of aliphatic imine (C=N–C) groups is 1. The molecule has 0 aliphatic carbocycles. The Labute approximate surface area is 89.4 Å². The van der Waals surface area contributed by atoms with E-state index in [1.807, 2.05) is 6.92 Å². The van der Waals surface area contributed by atoms with Crippen LogP contribution < -0.4 is 10.6 Å². The molecule has 1 aromatic rings. The normalized spacial score (nSPS) is 15.1. The molecule has 78 valence electrons. The van der Waals surface area contributed by atoms with Crippen LogP contribution in [-0.4, -0.2) is 22.8 Å². The Hall–Kier alpha value is -1.76. The summed E-state index contributed by atoms with van der Waals surface area (Å²) >= 11 is 1.53. The maximum absolute atomic E-state index is 10.8. The van der Waals surface area contributed by atoms with Crippen molar-refractivity contribution in [1.82, 2.24) is 15.6 Å². The first kappa shape index (κ1) is 9.78. The SMILES string of the molecule is Cc1cnc(CN=C2NC(=O)C(=O)N2)s1. The Balaban J connectivity index is 2.01. The molecule has 2 N–H and O–H groups in total. The first-order chi connectivity index (χ1) is 7.15. The number of carbonyl (C=O) groups excluding carboxylic acids is 2. The van der Waals surface area contributed by atoms with Crippen molar-refractivity contribution in [3.05, 3.63) is 16.1 Å².